The number of amides is 1. The van der Waals surface area contributed by atoms with Gasteiger partial charge in [-0.3, -0.25) is 4.79 Å². The molecule has 1 atom stereocenters. The molecule has 5 rings (SSSR count). The summed E-state index contributed by atoms with van der Waals surface area (Å²) in [6.45, 7) is 1.21. The van der Waals surface area contributed by atoms with E-state index in [0.717, 1.165) is 16.9 Å². The van der Waals surface area contributed by atoms with Gasteiger partial charge in [-0.05, 0) is 42.8 Å². The number of carbonyl (C=O) groups excluding carboxylic acids is 1. The number of methoxy groups -OCH3 is 2. The van der Waals surface area contributed by atoms with Crippen molar-refractivity contribution in [2.24, 2.45) is 0 Å². The number of rotatable bonds is 8. The first-order valence-electron chi connectivity index (χ1n) is 11.4. The Morgan fingerprint density at radius 1 is 1.05 bits per heavy atom. The van der Waals surface area contributed by atoms with Gasteiger partial charge in [0.05, 0.1) is 25.3 Å². The fourth-order valence-corrected chi connectivity index (χ4v) is 4.78. The highest BCUT2D eigenvalue weighted by molar-refractivity contribution is 7.16. The van der Waals surface area contributed by atoms with Crippen LogP contribution in [0.3, 0.4) is 0 Å². The van der Waals surface area contributed by atoms with Gasteiger partial charge in [0, 0.05) is 36.4 Å². The van der Waals surface area contributed by atoms with Crippen molar-refractivity contribution in [3.8, 4) is 11.5 Å². The van der Waals surface area contributed by atoms with Crippen molar-refractivity contribution >= 4 is 51.0 Å². The highest BCUT2D eigenvalue weighted by Crippen LogP contribution is 2.33. The molecule has 1 fully saturated rings. The molecule has 0 unspecified atom stereocenters. The van der Waals surface area contributed by atoms with E-state index in [1.807, 2.05) is 23.1 Å². The maximum atomic E-state index is 12.7. The van der Waals surface area contributed by atoms with Gasteiger partial charge >= 0.3 is 5.97 Å². The second-order valence-corrected chi connectivity index (χ2v) is 9.19. The lowest BCUT2D eigenvalue weighted by atomic mass is 10.1. The molecule has 3 heterocycles. The molecule has 1 aliphatic heterocycles. The Labute approximate surface area is 216 Å². The summed E-state index contributed by atoms with van der Waals surface area (Å²) in [5, 5.41) is 15.4. The minimum atomic E-state index is -1.03. The van der Waals surface area contributed by atoms with E-state index in [9.17, 15) is 9.59 Å². The average molecular weight is 521 g/mol. The Balaban J connectivity index is 1.32. The summed E-state index contributed by atoms with van der Waals surface area (Å²) in [6, 6.07) is 11.3. The third kappa shape index (κ3) is 5.09. The van der Waals surface area contributed by atoms with E-state index in [4.69, 9.17) is 24.5 Å². The predicted molar refractivity (Wildman–Crippen MR) is 140 cm³/mol. The summed E-state index contributed by atoms with van der Waals surface area (Å²) in [4.78, 5) is 40.4. The first kappa shape index (κ1) is 24.3. The topological polar surface area (TPSA) is 139 Å². The summed E-state index contributed by atoms with van der Waals surface area (Å²) >= 11 is 1.43. The van der Waals surface area contributed by atoms with Crippen molar-refractivity contribution in [3.63, 3.8) is 0 Å². The van der Waals surface area contributed by atoms with Crippen LogP contribution in [0.1, 0.15) is 27.1 Å². The van der Waals surface area contributed by atoms with Crippen LogP contribution >= 0.6 is 11.3 Å². The number of aromatic carboxylic acids is 1. The number of benzene rings is 2. The smallest absolute Gasteiger partial charge is 0.335 e. The van der Waals surface area contributed by atoms with Crippen LogP contribution in [0.5, 0.6) is 11.5 Å². The third-order valence-corrected chi connectivity index (χ3v) is 6.75. The van der Waals surface area contributed by atoms with E-state index in [0.29, 0.717) is 47.4 Å². The number of anilines is 3. The molecule has 0 bridgehead atoms. The SMILES string of the molecule is COc1ccc(Nc2nc(N3CC[C@H](NC(=O)c4ccc(C(=O)O)cc4)C3)nc3scnc23)cc1OC. The highest BCUT2D eigenvalue weighted by Gasteiger charge is 2.27. The second kappa shape index (κ2) is 10.3. The number of thiazole rings is 1. The van der Waals surface area contributed by atoms with Crippen LogP contribution in [0, 0.1) is 0 Å². The number of ether oxygens (including phenoxy) is 2. The first-order chi connectivity index (χ1) is 17.9. The van der Waals surface area contributed by atoms with Crippen LogP contribution in [0.4, 0.5) is 17.5 Å². The molecule has 11 nitrogen and oxygen atoms in total. The van der Waals surface area contributed by atoms with E-state index < -0.39 is 5.97 Å². The highest BCUT2D eigenvalue weighted by atomic mass is 32.1. The van der Waals surface area contributed by atoms with Crippen LogP contribution in [0.2, 0.25) is 0 Å². The van der Waals surface area contributed by atoms with E-state index >= 15 is 0 Å². The molecule has 1 amide bonds. The molecule has 37 heavy (non-hydrogen) atoms. The normalized spacial score (nSPS) is 15.0. The summed E-state index contributed by atoms with van der Waals surface area (Å²) in [7, 11) is 3.16. The monoisotopic (exact) mass is 520 g/mol. The lowest BCUT2D eigenvalue weighted by Gasteiger charge is -2.18. The quantitative estimate of drug-likeness (QED) is 0.316. The number of carbonyl (C=O) groups is 2. The van der Waals surface area contributed by atoms with Crippen LogP contribution in [0.25, 0.3) is 10.3 Å². The molecule has 0 spiro atoms. The zero-order valence-corrected chi connectivity index (χ0v) is 20.9. The molecule has 190 valence electrons. The number of nitrogens with one attached hydrogen (secondary N) is 2. The lowest BCUT2D eigenvalue weighted by Crippen LogP contribution is -2.37. The predicted octanol–water partition coefficient (Wildman–Crippen LogP) is 3.55. The van der Waals surface area contributed by atoms with Gasteiger partial charge in [0.2, 0.25) is 5.95 Å². The average Bonchev–Trinajstić information content (AvgIpc) is 3.58. The number of carboxylic acids is 1. The van der Waals surface area contributed by atoms with Gasteiger partial charge in [-0.1, -0.05) is 0 Å². The van der Waals surface area contributed by atoms with Crippen molar-refractivity contribution in [1.29, 1.82) is 0 Å². The van der Waals surface area contributed by atoms with Gasteiger partial charge in [-0.2, -0.15) is 9.97 Å². The van der Waals surface area contributed by atoms with Crippen molar-refractivity contribution in [2.45, 2.75) is 12.5 Å². The van der Waals surface area contributed by atoms with Gasteiger partial charge < -0.3 is 30.1 Å². The third-order valence-electron chi connectivity index (χ3n) is 6.03. The summed E-state index contributed by atoms with van der Waals surface area (Å²) in [5.74, 6) is 1.04. The number of aromatic nitrogens is 3. The molecule has 1 saturated heterocycles. The number of hydrogen-bond donors (Lipinski definition) is 3. The molecule has 2 aromatic heterocycles. The molecular weight excluding hydrogens is 496 g/mol. The molecule has 0 radical (unpaired) electrons. The zero-order chi connectivity index (χ0) is 25.9. The molecular formula is C25H24N6O5S. The van der Waals surface area contributed by atoms with Gasteiger partial charge in [-0.15, -0.1) is 11.3 Å². The van der Waals surface area contributed by atoms with Crippen LogP contribution in [-0.2, 0) is 0 Å². The van der Waals surface area contributed by atoms with E-state index in [2.05, 4.69) is 15.6 Å². The fourth-order valence-electron chi connectivity index (χ4n) is 4.12. The molecule has 4 aromatic rings. The minimum Gasteiger partial charge on any atom is -0.493 e. The standard InChI is InChI=1S/C25H24N6O5S/c1-35-18-8-7-16(11-19(18)36-2)27-21-20-23(37-13-26-20)30-25(29-21)31-10-9-17(12-31)28-22(32)14-3-5-15(6-4-14)24(33)34/h3-8,11,13,17H,9-10,12H2,1-2H3,(H,28,32)(H,33,34)(H,27,29,30)/t17-/m0/s1. The van der Waals surface area contributed by atoms with Gasteiger partial charge in [0.25, 0.3) is 5.91 Å². The molecule has 1 aliphatic rings. The van der Waals surface area contributed by atoms with Gasteiger partial charge in [0.1, 0.15) is 5.52 Å². The Bertz CT molecular complexity index is 1460. The molecule has 12 heteroatoms. The first-order valence-corrected chi connectivity index (χ1v) is 12.3. The van der Waals surface area contributed by atoms with Crippen LogP contribution in [0.15, 0.2) is 48.0 Å². The minimum absolute atomic E-state index is 0.102. The molecule has 2 aromatic carbocycles. The largest absolute Gasteiger partial charge is 0.493 e. The fraction of sp³-hybridized carbons (Fsp3) is 0.240. The number of carboxylic acid groups (broad SMARTS) is 1. The summed E-state index contributed by atoms with van der Waals surface area (Å²) < 4.78 is 10.7. The Morgan fingerprint density at radius 3 is 2.54 bits per heavy atom. The van der Waals surface area contributed by atoms with Crippen LogP contribution < -0.4 is 25.0 Å². The zero-order valence-electron chi connectivity index (χ0n) is 20.1. The van der Waals surface area contributed by atoms with E-state index in [1.165, 1.54) is 35.6 Å². The number of nitrogens with zero attached hydrogens (tertiary/aromatic N) is 4. The second-order valence-electron chi connectivity index (χ2n) is 8.36. The lowest BCUT2D eigenvalue weighted by molar-refractivity contribution is 0.0696. The molecule has 0 aliphatic carbocycles. The Morgan fingerprint density at radius 2 is 1.81 bits per heavy atom. The van der Waals surface area contributed by atoms with Gasteiger partial charge in [-0.25, -0.2) is 9.78 Å². The number of fused-ring (bicyclic) bond motifs is 1. The van der Waals surface area contributed by atoms with Crippen LogP contribution in [-0.4, -0.2) is 65.3 Å². The van der Waals surface area contributed by atoms with Crippen molar-refractivity contribution in [2.75, 3.05) is 37.5 Å². The van der Waals surface area contributed by atoms with Crippen molar-refractivity contribution in [3.05, 3.63) is 59.1 Å². The van der Waals surface area contributed by atoms with E-state index in [1.54, 1.807) is 19.7 Å². The van der Waals surface area contributed by atoms with E-state index in [-0.39, 0.29) is 17.5 Å². The Hall–Kier alpha value is -4.45. The van der Waals surface area contributed by atoms with Gasteiger partial charge in [0.15, 0.2) is 22.1 Å². The maximum Gasteiger partial charge on any atom is 0.335 e. The van der Waals surface area contributed by atoms with Crippen molar-refractivity contribution in [1.82, 2.24) is 20.3 Å². The summed E-state index contributed by atoms with van der Waals surface area (Å²) in [6.07, 6.45) is 0.724. The summed E-state index contributed by atoms with van der Waals surface area (Å²) in [5.41, 5.74) is 3.70. The van der Waals surface area contributed by atoms with Crippen molar-refractivity contribution < 1.29 is 24.2 Å². The number of hydrogen-bond acceptors (Lipinski definition) is 10. The molecule has 0 saturated carbocycles. The maximum absolute atomic E-state index is 12.7. The Kier molecular flexibility index (Phi) is 6.73. The molecule has 3 N–H and O–H groups in total.